The van der Waals surface area contributed by atoms with Gasteiger partial charge in [0.05, 0.1) is 5.69 Å². The fourth-order valence-corrected chi connectivity index (χ4v) is 4.48. The molecular formula is C29H31F3N4O3. The minimum atomic E-state index is -2.83. The van der Waals surface area contributed by atoms with Crippen molar-refractivity contribution in [2.24, 2.45) is 0 Å². The summed E-state index contributed by atoms with van der Waals surface area (Å²) in [5.74, 6) is -0.547. The summed E-state index contributed by atoms with van der Waals surface area (Å²) in [4.78, 5) is 31.8. The van der Waals surface area contributed by atoms with E-state index in [9.17, 15) is 22.8 Å². The molecule has 10 heteroatoms. The van der Waals surface area contributed by atoms with Gasteiger partial charge in [-0.25, -0.2) is 22.9 Å². The molecule has 1 N–H and O–H groups in total. The monoisotopic (exact) mass is 540 g/mol. The number of anilines is 2. The van der Waals surface area contributed by atoms with Crippen molar-refractivity contribution in [3.8, 4) is 22.3 Å². The number of benzene rings is 2. The molecule has 0 unspecified atom stereocenters. The van der Waals surface area contributed by atoms with Gasteiger partial charge in [0, 0.05) is 44.9 Å². The third-order valence-corrected chi connectivity index (χ3v) is 6.23. The second kappa shape index (κ2) is 11.3. The van der Waals surface area contributed by atoms with E-state index >= 15 is 0 Å². The zero-order valence-electron chi connectivity index (χ0n) is 22.3. The van der Waals surface area contributed by atoms with Gasteiger partial charge in [-0.05, 0) is 67.3 Å². The van der Waals surface area contributed by atoms with Gasteiger partial charge in [0.1, 0.15) is 17.2 Å². The number of piperazine rings is 1. The summed E-state index contributed by atoms with van der Waals surface area (Å²) in [7, 11) is 0. The highest BCUT2D eigenvalue weighted by molar-refractivity contribution is 5.89. The number of amides is 2. The molecule has 206 valence electrons. The molecule has 1 saturated heterocycles. The van der Waals surface area contributed by atoms with Crippen LogP contribution in [-0.2, 0) is 9.53 Å². The Labute approximate surface area is 225 Å². The summed E-state index contributed by atoms with van der Waals surface area (Å²) in [6.45, 7) is 8.62. The number of hydrogen-bond donors (Lipinski definition) is 1. The van der Waals surface area contributed by atoms with Crippen LogP contribution < -0.4 is 10.2 Å². The number of hydrogen-bond acceptors (Lipinski definition) is 5. The normalized spacial score (nSPS) is 13.9. The fourth-order valence-electron chi connectivity index (χ4n) is 4.48. The highest BCUT2D eigenvalue weighted by Crippen LogP contribution is 2.40. The van der Waals surface area contributed by atoms with Crippen LogP contribution in [0, 0.1) is 5.82 Å². The summed E-state index contributed by atoms with van der Waals surface area (Å²) in [6.07, 6.45) is -1.64. The summed E-state index contributed by atoms with van der Waals surface area (Å²) in [5, 5.41) is 2.38. The maximum atomic E-state index is 14.6. The van der Waals surface area contributed by atoms with Gasteiger partial charge in [0.2, 0.25) is 5.91 Å². The first kappa shape index (κ1) is 27.9. The van der Waals surface area contributed by atoms with Crippen LogP contribution >= 0.6 is 0 Å². The maximum absolute atomic E-state index is 14.6. The molecule has 0 aliphatic carbocycles. The van der Waals surface area contributed by atoms with Crippen LogP contribution in [0.4, 0.5) is 29.5 Å². The van der Waals surface area contributed by atoms with Gasteiger partial charge in [-0.15, -0.1) is 0 Å². The first-order valence-corrected chi connectivity index (χ1v) is 12.6. The molecule has 1 aliphatic rings. The molecule has 1 fully saturated rings. The topological polar surface area (TPSA) is 74.8 Å². The standard InChI is InChI=1S/C29H31F3N4O3/c1-18(37)34-24-9-8-19(16-23(24)30)21-6-5-7-22(26(21)27(31)32)20-10-11-33-25(17-20)35-12-14-36(15-13-35)28(38)39-29(2,3)4/h5-11,16-17,27H,12-15H2,1-4H3,(H,34,37). The van der Waals surface area contributed by atoms with Crippen molar-refractivity contribution < 1.29 is 27.5 Å². The molecule has 0 bridgehead atoms. The van der Waals surface area contributed by atoms with Crippen molar-refractivity contribution in [1.82, 2.24) is 9.88 Å². The molecule has 1 aliphatic heterocycles. The molecule has 7 nitrogen and oxygen atoms in total. The molecule has 0 spiro atoms. The summed E-state index contributed by atoms with van der Waals surface area (Å²) < 4.78 is 49.0. The van der Waals surface area contributed by atoms with E-state index < -0.39 is 23.8 Å². The Hall–Kier alpha value is -4.08. The number of rotatable bonds is 5. The second-order valence-electron chi connectivity index (χ2n) is 10.3. The number of nitrogens with one attached hydrogen (secondary N) is 1. The van der Waals surface area contributed by atoms with E-state index in [1.165, 1.54) is 25.1 Å². The highest BCUT2D eigenvalue weighted by Gasteiger charge is 2.27. The van der Waals surface area contributed by atoms with E-state index in [1.54, 1.807) is 35.4 Å². The summed E-state index contributed by atoms with van der Waals surface area (Å²) >= 11 is 0. The number of ether oxygens (including phenoxy) is 1. The quantitative estimate of drug-likeness (QED) is 0.400. The van der Waals surface area contributed by atoms with Crippen LogP contribution in [0.2, 0.25) is 0 Å². The predicted octanol–water partition coefficient (Wildman–Crippen LogP) is 6.51. The number of carbonyl (C=O) groups excluding carboxylic acids is 2. The number of nitrogens with zero attached hydrogens (tertiary/aromatic N) is 3. The molecule has 4 rings (SSSR count). The van der Waals surface area contributed by atoms with Crippen molar-refractivity contribution in [2.75, 3.05) is 36.4 Å². The van der Waals surface area contributed by atoms with Gasteiger partial charge in [-0.3, -0.25) is 4.79 Å². The van der Waals surface area contributed by atoms with Crippen LogP contribution in [0.5, 0.6) is 0 Å². The molecule has 0 atom stereocenters. The van der Waals surface area contributed by atoms with Gasteiger partial charge in [-0.2, -0.15) is 0 Å². The second-order valence-corrected chi connectivity index (χ2v) is 10.3. The smallest absolute Gasteiger partial charge is 0.410 e. The Morgan fingerprint density at radius 3 is 2.18 bits per heavy atom. The Kier molecular flexibility index (Phi) is 8.13. The van der Waals surface area contributed by atoms with Crippen molar-refractivity contribution in [2.45, 2.75) is 39.7 Å². The molecular weight excluding hydrogens is 509 g/mol. The van der Waals surface area contributed by atoms with Gasteiger partial charge in [-0.1, -0.05) is 24.3 Å². The molecule has 0 saturated carbocycles. The highest BCUT2D eigenvalue weighted by atomic mass is 19.3. The lowest BCUT2D eigenvalue weighted by Gasteiger charge is -2.36. The van der Waals surface area contributed by atoms with Crippen molar-refractivity contribution >= 4 is 23.5 Å². The van der Waals surface area contributed by atoms with Crippen LogP contribution in [0.3, 0.4) is 0 Å². The average Bonchev–Trinajstić information content (AvgIpc) is 2.88. The number of aromatic nitrogens is 1. The summed E-state index contributed by atoms with van der Waals surface area (Å²) in [6, 6.07) is 12.2. The molecule has 1 aromatic heterocycles. The van der Waals surface area contributed by atoms with E-state index in [0.717, 1.165) is 6.07 Å². The SMILES string of the molecule is CC(=O)Nc1ccc(-c2cccc(-c3ccnc(N4CCN(C(=O)OC(C)(C)C)CC4)c3)c2C(F)F)cc1F. The van der Waals surface area contributed by atoms with Crippen LogP contribution in [0.15, 0.2) is 54.7 Å². The Morgan fingerprint density at radius 2 is 1.62 bits per heavy atom. The number of halogens is 3. The van der Waals surface area contributed by atoms with Gasteiger partial charge in [0.15, 0.2) is 0 Å². The Bertz CT molecular complexity index is 1370. The molecule has 2 amide bonds. The van der Waals surface area contributed by atoms with Gasteiger partial charge in [0.25, 0.3) is 6.43 Å². The zero-order chi connectivity index (χ0) is 28.3. The van der Waals surface area contributed by atoms with Gasteiger partial charge < -0.3 is 19.9 Å². The number of alkyl halides is 2. The number of carbonyl (C=O) groups is 2. The summed E-state index contributed by atoms with van der Waals surface area (Å²) in [5.41, 5.74) is 0.487. The van der Waals surface area contributed by atoms with Crippen LogP contribution in [0.1, 0.15) is 39.7 Å². The van der Waals surface area contributed by atoms with Crippen LogP contribution in [0.25, 0.3) is 22.3 Å². The molecule has 0 radical (unpaired) electrons. The van der Waals surface area contributed by atoms with Crippen LogP contribution in [-0.4, -0.2) is 53.7 Å². The Balaban J connectivity index is 1.61. The minimum absolute atomic E-state index is 0.0217. The van der Waals surface area contributed by atoms with Crippen molar-refractivity contribution in [3.63, 3.8) is 0 Å². The molecule has 2 aromatic carbocycles. The first-order chi connectivity index (χ1) is 18.4. The molecule has 39 heavy (non-hydrogen) atoms. The number of pyridine rings is 1. The van der Waals surface area contributed by atoms with E-state index in [2.05, 4.69) is 10.3 Å². The lowest BCUT2D eigenvalue weighted by molar-refractivity contribution is -0.114. The lowest BCUT2D eigenvalue weighted by atomic mass is 9.92. The third-order valence-electron chi connectivity index (χ3n) is 6.23. The average molecular weight is 541 g/mol. The van der Waals surface area contributed by atoms with Crippen molar-refractivity contribution in [1.29, 1.82) is 0 Å². The molecule has 3 aromatic rings. The zero-order valence-corrected chi connectivity index (χ0v) is 22.3. The van der Waals surface area contributed by atoms with E-state index in [0.29, 0.717) is 43.1 Å². The Morgan fingerprint density at radius 1 is 0.974 bits per heavy atom. The first-order valence-electron chi connectivity index (χ1n) is 12.6. The molecule has 2 heterocycles. The predicted molar refractivity (Wildman–Crippen MR) is 144 cm³/mol. The van der Waals surface area contributed by atoms with E-state index in [1.807, 2.05) is 25.7 Å². The minimum Gasteiger partial charge on any atom is -0.444 e. The largest absolute Gasteiger partial charge is 0.444 e. The third kappa shape index (κ3) is 6.68. The van der Waals surface area contributed by atoms with Crippen molar-refractivity contribution in [3.05, 3.63) is 66.1 Å². The van der Waals surface area contributed by atoms with Gasteiger partial charge >= 0.3 is 6.09 Å². The lowest BCUT2D eigenvalue weighted by Crippen LogP contribution is -2.50. The fraction of sp³-hybridized carbons (Fsp3) is 0.345. The maximum Gasteiger partial charge on any atom is 0.410 e. The van der Waals surface area contributed by atoms with E-state index in [4.69, 9.17) is 4.74 Å². The van der Waals surface area contributed by atoms with E-state index in [-0.39, 0.29) is 28.5 Å².